The van der Waals surface area contributed by atoms with Crippen LogP contribution in [0.1, 0.15) is 15.9 Å². The van der Waals surface area contributed by atoms with Crippen LogP contribution in [-0.2, 0) is 11.2 Å². The first-order chi connectivity index (χ1) is 9.17. The van der Waals surface area contributed by atoms with E-state index in [-0.39, 0.29) is 18.1 Å². The maximum Gasteiger partial charge on any atom is 0.228 e. The number of benzene rings is 2. The van der Waals surface area contributed by atoms with Crippen LogP contribution >= 0.6 is 0 Å². The van der Waals surface area contributed by atoms with E-state index in [1.807, 2.05) is 0 Å². The fourth-order valence-electron chi connectivity index (χ4n) is 1.73. The zero-order valence-corrected chi connectivity index (χ0v) is 10.1. The van der Waals surface area contributed by atoms with Crippen molar-refractivity contribution < 1.29 is 14.0 Å². The smallest absolute Gasteiger partial charge is 0.228 e. The largest absolute Gasteiger partial charge is 0.326 e. The van der Waals surface area contributed by atoms with E-state index in [0.29, 0.717) is 23.1 Å². The summed E-state index contributed by atoms with van der Waals surface area (Å²) < 4.78 is 13.0. The van der Waals surface area contributed by atoms with E-state index in [2.05, 4.69) is 5.32 Å². The average molecular weight is 257 g/mol. The van der Waals surface area contributed by atoms with Gasteiger partial charge in [-0.3, -0.25) is 9.59 Å². The first-order valence-corrected chi connectivity index (χ1v) is 5.77. The number of carbonyl (C=O) groups is 2. The predicted molar refractivity (Wildman–Crippen MR) is 70.6 cm³/mol. The van der Waals surface area contributed by atoms with E-state index in [4.69, 9.17) is 0 Å². The van der Waals surface area contributed by atoms with Crippen molar-refractivity contribution in [1.82, 2.24) is 0 Å². The van der Waals surface area contributed by atoms with E-state index >= 15 is 0 Å². The summed E-state index contributed by atoms with van der Waals surface area (Å²) >= 11 is 0. The molecule has 0 fully saturated rings. The van der Waals surface area contributed by atoms with Crippen molar-refractivity contribution in [3.63, 3.8) is 0 Å². The van der Waals surface area contributed by atoms with Gasteiger partial charge in [0.15, 0.2) is 0 Å². The van der Waals surface area contributed by atoms with Gasteiger partial charge in [-0.25, -0.2) is 4.39 Å². The lowest BCUT2D eigenvalue weighted by Crippen LogP contribution is -2.14. The van der Waals surface area contributed by atoms with Crippen molar-refractivity contribution in [1.29, 1.82) is 0 Å². The quantitative estimate of drug-likeness (QED) is 0.856. The van der Waals surface area contributed by atoms with Crippen LogP contribution in [0.3, 0.4) is 0 Å². The highest BCUT2D eigenvalue weighted by Gasteiger charge is 2.05. The van der Waals surface area contributed by atoms with Crippen LogP contribution in [0.15, 0.2) is 48.5 Å². The van der Waals surface area contributed by atoms with Gasteiger partial charge in [0.05, 0.1) is 6.42 Å². The summed E-state index contributed by atoms with van der Waals surface area (Å²) in [6.45, 7) is 0. The first kappa shape index (κ1) is 13.0. The van der Waals surface area contributed by atoms with E-state index in [1.165, 1.54) is 12.1 Å². The molecular weight excluding hydrogens is 245 g/mol. The lowest BCUT2D eigenvalue weighted by Gasteiger charge is -2.05. The third-order valence-electron chi connectivity index (χ3n) is 2.56. The summed E-state index contributed by atoms with van der Waals surface area (Å²) in [5.41, 5.74) is 1.64. The Morgan fingerprint density at radius 1 is 1.16 bits per heavy atom. The Morgan fingerprint density at radius 2 is 1.95 bits per heavy atom. The highest BCUT2D eigenvalue weighted by Crippen LogP contribution is 2.10. The fourth-order valence-corrected chi connectivity index (χ4v) is 1.73. The first-order valence-electron chi connectivity index (χ1n) is 5.77. The highest BCUT2D eigenvalue weighted by atomic mass is 19.1. The number of hydrogen-bond donors (Lipinski definition) is 1. The maximum atomic E-state index is 13.0. The van der Waals surface area contributed by atoms with Crippen LogP contribution in [0.25, 0.3) is 0 Å². The molecule has 4 heteroatoms. The molecule has 0 saturated carbocycles. The van der Waals surface area contributed by atoms with Gasteiger partial charge in [0.1, 0.15) is 12.1 Å². The predicted octanol–water partition coefficient (Wildman–Crippen LogP) is 2.82. The number of amides is 1. The molecule has 19 heavy (non-hydrogen) atoms. The topological polar surface area (TPSA) is 46.2 Å². The molecule has 0 heterocycles. The van der Waals surface area contributed by atoms with E-state index in [1.54, 1.807) is 36.4 Å². The molecule has 0 aliphatic rings. The number of halogens is 1. The van der Waals surface area contributed by atoms with Crippen LogP contribution in [0, 0.1) is 5.82 Å². The maximum absolute atomic E-state index is 13.0. The Morgan fingerprint density at radius 3 is 2.68 bits per heavy atom. The molecule has 0 bridgehead atoms. The van der Waals surface area contributed by atoms with E-state index in [9.17, 15) is 14.0 Å². The lowest BCUT2D eigenvalue weighted by atomic mass is 10.1. The molecule has 0 atom stereocenters. The van der Waals surface area contributed by atoms with Gasteiger partial charge in [0.25, 0.3) is 0 Å². The third-order valence-corrected chi connectivity index (χ3v) is 2.56. The second-order valence-electron chi connectivity index (χ2n) is 4.10. The van der Waals surface area contributed by atoms with Crippen molar-refractivity contribution in [3.05, 3.63) is 65.5 Å². The Balaban J connectivity index is 2.03. The SMILES string of the molecule is O=Cc1cccc(NC(=O)Cc2cccc(F)c2)c1. The van der Waals surface area contributed by atoms with Crippen LogP contribution in [-0.4, -0.2) is 12.2 Å². The number of anilines is 1. The van der Waals surface area contributed by atoms with Crippen LogP contribution in [0.4, 0.5) is 10.1 Å². The monoisotopic (exact) mass is 257 g/mol. The normalized spacial score (nSPS) is 9.95. The summed E-state index contributed by atoms with van der Waals surface area (Å²) in [7, 11) is 0. The van der Waals surface area contributed by atoms with Gasteiger partial charge in [-0.2, -0.15) is 0 Å². The molecule has 0 aliphatic carbocycles. The van der Waals surface area contributed by atoms with Gasteiger partial charge >= 0.3 is 0 Å². The van der Waals surface area contributed by atoms with Crippen LogP contribution in [0.2, 0.25) is 0 Å². The lowest BCUT2D eigenvalue weighted by molar-refractivity contribution is -0.115. The molecule has 0 saturated heterocycles. The zero-order valence-electron chi connectivity index (χ0n) is 10.1. The molecule has 2 aromatic carbocycles. The molecule has 2 aromatic rings. The summed E-state index contributed by atoms with van der Waals surface area (Å²) in [6, 6.07) is 12.5. The van der Waals surface area contributed by atoms with Gasteiger partial charge in [0, 0.05) is 11.3 Å². The van der Waals surface area contributed by atoms with Crippen molar-refractivity contribution in [2.45, 2.75) is 6.42 Å². The van der Waals surface area contributed by atoms with Crippen molar-refractivity contribution in [3.8, 4) is 0 Å². The summed E-state index contributed by atoms with van der Waals surface area (Å²) in [5.74, 6) is -0.623. The average Bonchev–Trinajstić information content (AvgIpc) is 2.38. The Labute approximate surface area is 110 Å². The van der Waals surface area contributed by atoms with Crippen molar-refractivity contribution in [2.75, 3.05) is 5.32 Å². The Bertz CT molecular complexity index is 611. The number of rotatable bonds is 4. The number of carbonyl (C=O) groups excluding carboxylic acids is 2. The molecule has 0 radical (unpaired) electrons. The minimum absolute atomic E-state index is 0.0864. The van der Waals surface area contributed by atoms with Crippen molar-refractivity contribution in [2.24, 2.45) is 0 Å². The van der Waals surface area contributed by atoms with Crippen LogP contribution in [0.5, 0.6) is 0 Å². The Kier molecular flexibility index (Phi) is 4.03. The molecular formula is C15H12FNO2. The number of hydrogen-bond acceptors (Lipinski definition) is 2. The van der Waals surface area contributed by atoms with Gasteiger partial charge in [0.2, 0.25) is 5.91 Å². The molecule has 0 unspecified atom stereocenters. The molecule has 1 amide bonds. The van der Waals surface area contributed by atoms with Gasteiger partial charge in [-0.15, -0.1) is 0 Å². The molecule has 0 aliphatic heterocycles. The second-order valence-corrected chi connectivity index (χ2v) is 4.10. The molecule has 1 N–H and O–H groups in total. The fraction of sp³-hybridized carbons (Fsp3) is 0.0667. The van der Waals surface area contributed by atoms with E-state index < -0.39 is 0 Å². The zero-order chi connectivity index (χ0) is 13.7. The highest BCUT2D eigenvalue weighted by molar-refractivity contribution is 5.93. The molecule has 0 spiro atoms. The third kappa shape index (κ3) is 3.74. The molecule has 2 rings (SSSR count). The number of aldehydes is 1. The minimum atomic E-state index is -0.367. The minimum Gasteiger partial charge on any atom is -0.326 e. The van der Waals surface area contributed by atoms with E-state index in [0.717, 1.165) is 0 Å². The van der Waals surface area contributed by atoms with Gasteiger partial charge in [-0.05, 0) is 29.8 Å². The van der Waals surface area contributed by atoms with Crippen molar-refractivity contribution >= 4 is 17.9 Å². The van der Waals surface area contributed by atoms with Gasteiger partial charge < -0.3 is 5.32 Å². The van der Waals surface area contributed by atoms with Gasteiger partial charge in [-0.1, -0.05) is 24.3 Å². The standard InChI is InChI=1S/C15H12FNO2/c16-13-5-1-3-11(7-13)9-15(19)17-14-6-2-4-12(8-14)10-18/h1-8,10H,9H2,(H,17,19). The summed E-state index contributed by atoms with van der Waals surface area (Å²) in [4.78, 5) is 22.4. The summed E-state index contributed by atoms with van der Waals surface area (Å²) in [6.07, 6.45) is 0.797. The molecule has 96 valence electrons. The second kappa shape index (κ2) is 5.91. The van der Waals surface area contributed by atoms with Crippen LogP contribution < -0.4 is 5.32 Å². The number of nitrogens with one attached hydrogen (secondary N) is 1. The Hall–Kier alpha value is -2.49. The molecule has 0 aromatic heterocycles. The summed E-state index contributed by atoms with van der Waals surface area (Å²) in [5, 5.41) is 2.66. The molecule has 3 nitrogen and oxygen atoms in total.